The van der Waals surface area contributed by atoms with E-state index in [4.69, 9.17) is 16.9 Å². The van der Waals surface area contributed by atoms with Crippen LogP contribution in [0.1, 0.15) is 31.9 Å². The molecule has 3 rings (SSSR count). The van der Waals surface area contributed by atoms with Crippen LogP contribution in [0.5, 0.6) is 0 Å². The van der Waals surface area contributed by atoms with Gasteiger partial charge in [-0.2, -0.15) is 5.26 Å². The Bertz CT molecular complexity index is 1160. The second kappa shape index (κ2) is 7.26. The van der Waals surface area contributed by atoms with E-state index < -0.39 is 10.0 Å². The third kappa shape index (κ3) is 3.95. The summed E-state index contributed by atoms with van der Waals surface area (Å²) in [5.41, 5.74) is 3.80. The van der Waals surface area contributed by atoms with E-state index in [1.807, 2.05) is 18.2 Å². The fraction of sp³-hybridized carbons (Fsp3) is 0.250. The molecule has 5 nitrogen and oxygen atoms in total. The Morgan fingerprint density at radius 3 is 2.59 bits per heavy atom. The second-order valence-corrected chi connectivity index (χ2v) is 8.78. The molecule has 27 heavy (non-hydrogen) atoms. The first-order valence-electron chi connectivity index (χ1n) is 8.56. The van der Waals surface area contributed by atoms with Crippen molar-refractivity contribution < 1.29 is 8.42 Å². The summed E-state index contributed by atoms with van der Waals surface area (Å²) in [7, 11) is -3.35. The smallest absolute Gasteiger partial charge is 0.229 e. The highest BCUT2D eigenvalue weighted by Crippen LogP contribution is 2.36. The number of anilines is 1. The van der Waals surface area contributed by atoms with E-state index in [1.165, 1.54) is 0 Å². The number of sulfonamides is 1. The summed E-state index contributed by atoms with van der Waals surface area (Å²) in [6.45, 7) is 4.22. The Kier molecular flexibility index (Phi) is 5.18. The fourth-order valence-electron chi connectivity index (χ4n) is 3.09. The van der Waals surface area contributed by atoms with Crippen molar-refractivity contribution in [3.8, 4) is 17.2 Å². The summed E-state index contributed by atoms with van der Waals surface area (Å²) >= 11 is 6.22. The van der Waals surface area contributed by atoms with Crippen LogP contribution in [0.25, 0.3) is 22.0 Å². The van der Waals surface area contributed by atoms with Gasteiger partial charge in [-0.1, -0.05) is 30.7 Å². The van der Waals surface area contributed by atoms with Gasteiger partial charge in [-0.05, 0) is 43.2 Å². The highest BCUT2D eigenvalue weighted by atomic mass is 35.5. The van der Waals surface area contributed by atoms with Gasteiger partial charge in [0.1, 0.15) is 6.07 Å². The predicted octanol–water partition coefficient (Wildman–Crippen LogP) is 5.18. The molecule has 1 N–H and O–H groups in total. The molecule has 0 saturated heterocycles. The third-order valence-corrected chi connectivity index (χ3v) is 5.52. The lowest BCUT2D eigenvalue weighted by Gasteiger charge is -2.13. The van der Waals surface area contributed by atoms with Gasteiger partial charge in [-0.25, -0.2) is 8.42 Å². The highest BCUT2D eigenvalue weighted by Gasteiger charge is 2.16. The minimum absolute atomic E-state index is 0.239. The van der Waals surface area contributed by atoms with Crippen LogP contribution in [0.3, 0.4) is 0 Å². The van der Waals surface area contributed by atoms with Crippen LogP contribution in [0.4, 0.5) is 5.69 Å². The van der Waals surface area contributed by atoms with Crippen molar-refractivity contribution in [1.29, 1.82) is 5.26 Å². The molecule has 1 unspecified atom stereocenters. The van der Waals surface area contributed by atoms with Crippen molar-refractivity contribution in [3.05, 3.63) is 53.2 Å². The van der Waals surface area contributed by atoms with Crippen LogP contribution in [0, 0.1) is 11.3 Å². The van der Waals surface area contributed by atoms with Gasteiger partial charge in [0.2, 0.25) is 10.0 Å². The molecule has 0 bridgehead atoms. The van der Waals surface area contributed by atoms with Crippen LogP contribution in [0.15, 0.2) is 42.6 Å². The van der Waals surface area contributed by atoms with Crippen LogP contribution in [-0.2, 0) is 10.0 Å². The average molecular weight is 402 g/mol. The lowest BCUT2D eigenvalue weighted by Crippen LogP contribution is -2.09. The van der Waals surface area contributed by atoms with Gasteiger partial charge >= 0.3 is 0 Å². The first-order chi connectivity index (χ1) is 12.7. The molecule has 0 aliphatic carbocycles. The summed E-state index contributed by atoms with van der Waals surface area (Å²) in [5, 5.41) is 10.5. The Hall–Kier alpha value is -2.49. The van der Waals surface area contributed by atoms with Gasteiger partial charge in [-0.15, -0.1) is 0 Å². The lowest BCUT2D eigenvalue weighted by atomic mass is 10.0. The molecular formula is C20H20ClN3O2S. The van der Waals surface area contributed by atoms with E-state index >= 15 is 0 Å². The second-order valence-electron chi connectivity index (χ2n) is 6.62. The monoisotopic (exact) mass is 401 g/mol. The number of rotatable bonds is 5. The zero-order chi connectivity index (χ0) is 19.8. The largest absolute Gasteiger partial charge is 0.344 e. The maximum absolute atomic E-state index is 11.6. The van der Waals surface area contributed by atoms with E-state index in [2.05, 4.69) is 35.4 Å². The highest BCUT2D eigenvalue weighted by molar-refractivity contribution is 7.92. The van der Waals surface area contributed by atoms with E-state index in [1.54, 1.807) is 18.2 Å². The SMILES string of the molecule is CCC(C)n1cc(-c2ccc(C#N)c(Cl)c2)c2ccc(NS(C)(=O)=O)cc21. The molecule has 0 aliphatic rings. The summed E-state index contributed by atoms with van der Waals surface area (Å²) in [6, 6.07) is 13.2. The number of hydrogen-bond donors (Lipinski definition) is 1. The van der Waals surface area contributed by atoms with Crippen LogP contribution in [-0.4, -0.2) is 19.2 Å². The number of nitriles is 1. The maximum atomic E-state index is 11.6. The number of fused-ring (bicyclic) bond motifs is 1. The first kappa shape index (κ1) is 19.3. The molecule has 3 aromatic rings. The molecule has 0 aliphatic heterocycles. The molecule has 140 valence electrons. The topological polar surface area (TPSA) is 74.9 Å². The molecule has 1 aromatic heterocycles. The van der Waals surface area contributed by atoms with Crippen molar-refractivity contribution in [1.82, 2.24) is 4.57 Å². The normalized spacial score (nSPS) is 12.7. The van der Waals surface area contributed by atoms with Gasteiger partial charge in [0.15, 0.2) is 0 Å². The lowest BCUT2D eigenvalue weighted by molar-refractivity contribution is 0.548. The predicted molar refractivity (Wildman–Crippen MR) is 111 cm³/mol. The van der Waals surface area contributed by atoms with Crippen molar-refractivity contribution >= 4 is 38.2 Å². The summed E-state index contributed by atoms with van der Waals surface area (Å²) < 4.78 is 27.8. The molecule has 0 saturated carbocycles. The van der Waals surface area contributed by atoms with E-state index in [9.17, 15) is 8.42 Å². The molecule has 7 heteroatoms. The molecule has 1 heterocycles. The average Bonchev–Trinajstić information content (AvgIpc) is 2.98. The molecule has 0 radical (unpaired) electrons. The van der Waals surface area contributed by atoms with Crippen LogP contribution in [0.2, 0.25) is 5.02 Å². The van der Waals surface area contributed by atoms with Crippen molar-refractivity contribution in [2.75, 3.05) is 11.0 Å². The number of nitrogens with zero attached hydrogens (tertiary/aromatic N) is 2. The van der Waals surface area contributed by atoms with E-state index in [0.717, 1.165) is 34.7 Å². The standard InChI is InChI=1S/C20H20ClN3O2S/c1-4-13(2)24-12-18(14-5-6-15(11-22)19(21)9-14)17-8-7-16(10-20(17)24)23-27(3,25)26/h5-10,12-13,23H,4H2,1-3H3. The van der Waals surface area contributed by atoms with E-state index in [0.29, 0.717) is 16.3 Å². The number of benzene rings is 2. The molecule has 0 spiro atoms. The third-order valence-electron chi connectivity index (χ3n) is 4.60. The Labute approximate surface area is 164 Å². The molecular weight excluding hydrogens is 382 g/mol. The fourth-order valence-corrected chi connectivity index (χ4v) is 3.87. The van der Waals surface area contributed by atoms with Gasteiger partial charge in [0.05, 0.1) is 28.0 Å². The molecule has 2 aromatic carbocycles. The molecule has 0 amide bonds. The van der Waals surface area contributed by atoms with Crippen molar-refractivity contribution in [2.45, 2.75) is 26.3 Å². The summed E-state index contributed by atoms with van der Waals surface area (Å²) in [4.78, 5) is 0. The number of nitrogens with one attached hydrogen (secondary N) is 1. The number of hydrogen-bond acceptors (Lipinski definition) is 3. The molecule has 1 atom stereocenters. The summed E-state index contributed by atoms with van der Waals surface area (Å²) in [5.74, 6) is 0. The van der Waals surface area contributed by atoms with Crippen LogP contribution < -0.4 is 4.72 Å². The Morgan fingerprint density at radius 2 is 2.00 bits per heavy atom. The van der Waals surface area contributed by atoms with Gasteiger partial charge in [0.25, 0.3) is 0 Å². The van der Waals surface area contributed by atoms with Gasteiger partial charge in [0, 0.05) is 23.2 Å². The van der Waals surface area contributed by atoms with Crippen molar-refractivity contribution in [2.24, 2.45) is 0 Å². The summed E-state index contributed by atoms with van der Waals surface area (Å²) in [6.07, 6.45) is 4.12. The van der Waals surface area contributed by atoms with Gasteiger partial charge in [-0.3, -0.25) is 4.72 Å². The van der Waals surface area contributed by atoms with E-state index in [-0.39, 0.29) is 6.04 Å². The minimum Gasteiger partial charge on any atom is -0.344 e. The quantitative estimate of drug-likeness (QED) is 0.640. The number of halogens is 1. The zero-order valence-electron chi connectivity index (χ0n) is 15.3. The van der Waals surface area contributed by atoms with Crippen molar-refractivity contribution in [3.63, 3.8) is 0 Å². The Morgan fingerprint density at radius 1 is 1.26 bits per heavy atom. The molecule has 0 fully saturated rings. The number of aromatic nitrogens is 1. The first-order valence-corrected chi connectivity index (χ1v) is 10.8. The maximum Gasteiger partial charge on any atom is 0.229 e. The van der Waals surface area contributed by atoms with Gasteiger partial charge < -0.3 is 4.57 Å². The minimum atomic E-state index is -3.35. The Balaban J connectivity index is 2.22. The zero-order valence-corrected chi connectivity index (χ0v) is 16.9. The van der Waals surface area contributed by atoms with Crippen LogP contribution >= 0.6 is 11.6 Å².